The van der Waals surface area contributed by atoms with Gasteiger partial charge in [-0.05, 0) is 31.0 Å². The molecule has 3 N–H and O–H groups in total. The van der Waals surface area contributed by atoms with Gasteiger partial charge < -0.3 is 15.8 Å². The SMILES string of the molecule is COc1cccc(C(=O)NC2CCN(CC(N)=S)CC2)c1. The van der Waals surface area contributed by atoms with Crippen LogP contribution in [0.25, 0.3) is 0 Å². The summed E-state index contributed by atoms with van der Waals surface area (Å²) in [7, 11) is 1.59. The number of hydrogen-bond donors (Lipinski definition) is 2. The number of carbonyl (C=O) groups is 1. The monoisotopic (exact) mass is 307 g/mol. The number of ether oxygens (including phenoxy) is 1. The van der Waals surface area contributed by atoms with E-state index in [0.717, 1.165) is 25.9 Å². The molecule has 0 unspecified atom stereocenters. The zero-order chi connectivity index (χ0) is 15.2. The Kier molecular flexibility index (Phi) is 5.52. The maximum Gasteiger partial charge on any atom is 0.251 e. The number of nitrogens with two attached hydrogens (primary N) is 1. The average molecular weight is 307 g/mol. The number of piperidine rings is 1. The molecule has 1 aromatic carbocycles. The fraction of sp³-hybridized carbons (Fsp3) is 0.467. The summed E-state index contributed by atoms with van der Waals surface area (Å²) in [6.45, 7) is 2.46. The standard InChI is InChI=1S/C15H21N3O2S/c1-20-13-4-2-3-11(9-13)15(19)17-12-5-7-18(8-6-12)10-14(16)21/h2-4,9,12H,5-8,10H2,1H3,(H2,16,21)(H,17,19). The third kappa shape index (κ3) is 4.68. The molecule has 0 radical (unpaired) electrons. The van der Waals surface area contributed by atoms with Crippen molar-refractivity contribution >= 4 is 23.1 Å². The quantitative estimate of drug-likeness (QED) is 0.800. The number of thiocarbonyl (C=S) groups is 1. The topological polar surface area (TPSA) is 67.6 Å². The second-order valence-corrected chi connectivity index (χ2v) is 5.75. The molecule has 1 aromatic rings. The third-order valence-corrected chi connectivity index (χ3v) is 3.76. The van der Waals surface area contributed by atoms with E-state index in [-0.39, 0.29) is 11.9 Å². The first kappa shape index (κ1) is 15.7. The predicted molar refractivity (Wildman–Crippen MR) is 86.7 cm³/mol. The lowest BCUT2D eigenvalue weighted by Crippen LogP contribution is -2.46. The van der Waals surface area contributed by atoms with Crippen molar-refractivity contribution < 1.29 is 9.53 Å². The van der Waals surface area contributed by atoms with Crippen molar-refractivity contribution in [2.75, 3.05) is 26.7 Å². The number of amides is 1. The van der Waals surface area contributed by atoms with Crippen molar-refractivity contribution in [1.82, 2.24) is 10.2 Å². The largest absolute Gasteiger partial charge is 0.497 e. The molecule has 0 spiro atoms. The molecule has 5 nitrogen and oxygen atoms in total. The minimum absolute atomic E-state index is 0.0540. The minimum Gasteiger partial charge on any atom is -0.497 e. The van der Waals surface area contributed by atoms with Crippen LogP contribution in [0.3, 0.4) is 0 Å². The zero-order valence-corrected chi connectivity index (χ0v) is 13.0. The number of carbonyl (C=O) groups excluding carboxylic acids is 1. The Hall–Kier alpha value is -1.66. The summed E-state index contributed by atoms with van der Waals surface area (Å²) in [6.07, 6.45) is 1.83. The Morgan fingerprint density at radius 2 is 2.19 bits per heavy atom. The smallest absolute Gasteiger partial charge is 0.251 e. The molecule has 0 aliphatic carbocycles. The van der Waals surface area contributed by atoms with Crippen LogP contribution in [0.4, 0.5) is 0 Å². The number of nitrogens with one attached hydrogen (secondary N) is 1. The van der Waals surface area contributed by atoms with Gasteiger partial charge >= 0.3 is 0 Å². The van der Waals surface area contributed by atoms with Crippen molar-refractivity contribution in [3.8, 4) is 5.75 Å². The van der Waals surface area contributed by atoms with Gasteiger partial charge in [0.2, 0.25) is 0 Å². The fourth-order valence-corrected chi connectivity index (χ4v) is 2.67. The molecule has 1 aliphatic heterocycles. The highest BCUT2D eigenvalue weighted by molar-refractivity contribution is 7.80. The zero-order valence-electron chi connectivity index (χ0n) is 12.2. The van der Waals surface area contributed by atoms with Crippen LogP contribution < -0.4 is 15.8 Å². The highest BCUT2D eigenvalue weighted by Crippen LogP contribution is 2.14. The molecule has 0 bridgehead atoms. The summed E-state index contributed by atoms with van der Waals surface area (Å²) in [4.78, 5) is 15.0. The van der Waals surface area contributed by atoms with Gasteiger partial charge in [-0.1, -0.05) is 18.3 Å². The first-order valence-electron chi connectivity index (χ1n) is 7.04. The Balaban J connectivity index is 1.85. The number of hydrogen-bond acceptors (Lipinski definition) is 4. The fourth-order valence-electron chi connectivity index (χ4n) is 2.49. The van der Waals surface area contributed by atoms with Gasteiger partial charge in [-0.25, -0.2) is 0 Å². The third-order valence-electron chi connectivity index (χ3n) is 3.63. The molecule has 1 saturated heterocycles. The van der Waals surface area contributed by atoms with E-state index >= 15 is 0 Å². The van der Waals surface area contributed by atoms with E-state index in [0.29, 0.717) is 22.8 Å². The lowest BCUT2D eigenvalue weighted by atomic mass is 10.0. The Bertz CT molecular complexity index is 513. The molecule has 1 fully saturated rings. The van der Waals surface area contributed by atoms with Gasteiger partial charge in [-0.3, -0.25) is 9.69 Å². The number of likely N-dealkylation sites (tertiary alicyclic amines) is 1. The summed E-state index contributed by atoms with van der Waals surface area (Å²) in [5.41, 5.74) is 6.18. The van der Waals surface area contributed by atoms with Crippen molar-refractivity contribution in [3.63, 3.8) is 0 Å². The van der Waals surface area contributed by atoms with Gasteiger partial charge in [0.15, 0.2) is 0 Å². The maximum atomic E-state index is 12.2. The van der Waals surface area contributed by atoms with Crippen molar-refractivity contribution in [3.05, 3.63) is 29.8 Å². The van der Waals surface area contributed by atoms with Crippen LogP contribution in [-0.2, 0) is 0 Å². The van der Waals surface area contributed by atoms with Crippen molar-refractivity contribution in [1.29, 1.82) is 0 Å². The van der Waals surface area contributed by atoms with Crippen LogP contribution in [0, 0.1) is 0 Å². The van der Waals surface area contributed by atoms with Crippen LogP contribution in [0.1, 0.15) is 23.2 Å². The normalized spacial score (nSPS) is 16.4. The van der Waals surface area contributed by atoms with E-state index < -0.39 is 0 Å². The summed E-state index contributed by atoms with van der Waals surface area (Å²) < 4.78 is 5.14. The Morgan fingerprint density at radius 1 is 1.48 bits per heavy atom. The second kappa shape index (κ2) is 7.38. The lowest BCUT2D eigenvalue weighted by molar-refractivity contribution is 0.0914. The average Bonchev–Trinajstić information content (AvgIpc) is 2.49. The summed E-state index contributed by atoms with van der Waals surface area (Å²) in [6, 6.07) is 7.38. The molecule has 21 heavy (non-hydrogen) atoms. The second-order valence-electron chi connectivity index (χ2n) is 5.22. The van der Waals surface area contributed by atoms with Crippen molar-refractivity contribution in [2.45, 2.75) is 18.9 Å². The van der Waals surface area contributed by atoms with Crippen molar-refractivity contribution in [2.24, 2.45) is 5.73 Å². The number of rotatable bonds is 5. The van der Waals surface area contributed by atoms with E-state index in [9.17, 15) is 4.79 Å². The highest BCUT2D eigenvalue weighted by Gasteiger charge is 2.21. The van der Waals surface area contributed by atoms with E-state index in [2.05, 4.69) is 10.2 Å². The van der Waals surface area contributed by atoms with Crippen LogP contribution in [0.15, 0.2) is 24.3 Å². The highest BCUT2D eigenvalue weighted by atomic mass is 32.1. The Morgan fingerprint density at radius 3 is 2.81 bits per heavy atom. The van der Waals surface area contributed by atoms with Gasteiger partial charge in [0.25, 0.3) is 5.91 Å². The molecule has 1 amide bonds. The number of benzene rings is 1. The molecule has 0 saturated carbocycles. The summed E-state index contributed by atoms with van der Waals surface area (Å²) in [5.74, 6) is 0.635. The van der Waals surface area contributed by atoms with E-state index in [1.807, 2.05) is 12.1 Å². The molecule has 114 valence electrons. The molecule has 0 aromatic heterocycles. The molecule has 1 heterocycles. The molecule has 1 aliphatic rings. The van der Waals surface area contributed by atoms with E-state index in [4.69, 9.17) is 22.7 Å². The lowest BCUT2D eigenvalue weighted by Gasteiger charge is -2.31. The molecular weight excluding hydrogens is 286 g/mol. The number of methoxy groups -OCH3 is 1. The van der Waals surface area contributed by atoms with Crippen LogP contribution in [0.2, 0.25) is 0 Å². The van der Waals surface area contributed by atoms with Gasteiger partial charge in [-0.2, -0.15) is 0 Å². The van der Waals surface area contributed by atoms with Crippen LogP contribution in [0.5, 0.6) is 5.75 Å². The minimum atomic E-state index is -0.0540. The molecular formula is C15H21N3O2S. The molecule has 6 heteroatoms. The molecule has 0 atom stereocenters. The Labute approximate surface area is 130 Å². The van der Waals surface area contributed by atoms with Crippen LogP contribution in [-0.4, -0.2) is 48.6 Å². The summed E-state index contributed by atoms with van der Waals surface area (Å²) >= 11 is 4.92. The van der Waals surface area contributed by atoms with Gasteiger partial charge in [0, 0.05) is 31.2 Å². The first-order chi connectivity index (χ1) is 10.1. The summed E-state index contributed by atoms with van der Waals surface area (Å²) in [5, 5.41) is 3.08. The van der Waals surface area contributed by atoms with E-state index in [1.165, 1.54) is 0 Å². The van der Waals surface area contributed by atoms with Gasteiger partial charge in [0.05, 0.1) is 12.1 Å². The predicted octanol–water partition coefficient (Wildman–Crippen LogP) is 1.18. The number of nitrogens with zero attached hydrogens (tertiary/aromatic N) is 1. The van der Waals surface area contributed by atoms with Gasteiger partial charge in [-0.15, -0.1) is 0 Å². The molecule has 2 rings (SSSR count). The maximum absolute atomic E-state index is 12.2. The van der Waals surface area contributed by atoms with Gasteiger partial charge in [0.1, 0.15) is 5.75 Å². The first-order valence-corrected chi connectivity index (χ1v) is 7.45. The van der Waals surface area contributed by atoms with Crippen LogP contribution >= 0.6 is 12.2 Å². The van der Waals surface area contributed by atoms with E-state index in [1.54, 1.807) is 19.2 Å².